The number of carbonyl (C=O) groups excluding carboxylic acids is 3. The lowest BCUT2D eigenvalue weighted by Gasteiger charge is -2.15. The van der Waals surface area contributed by atoms with Crippen molar-refractivity contribution >= 4 is 41.1 Å². The third kappa shape index (κ3) is 6.81. The fourth-order valence-electron chi connectivity index (χ4n) is 3.71. The molecule has 1 aliphatic heterocycles. The van der Waals surface area contributed by atoms with Gasteiger partial charge in [0, 0.05) is 19.0 Å². The molecule has 0 saturated carbocycles. The molecule has 4 rings (SSSR count). The van der Waals surface area contributed by atoms with E-state index in [2.05, 4.69) is 25.3 Å². The summed E-state index contributed by atoms with van der Waals surface area (Å²) in [5, 5.41) is 9.08. The maximum Gasteiger partial charge on any atom is 0.414 e. The van der Waals surface area contributed by atoms with Crippen LogP contribution in [0.25, 0.3) is 11.1 Å². The average Bonchev–Trinajstić information content (AvgIpc) is 3.51. The van der Waals surface area contributed by atoms with Crippen molar-refractivity contribution in [2.75, 3.05) is 23.3 Å². The maximum atomic E-state index is 15.0. The zero-order valence-electron chi connectivity index (χ0n) is 20.9. The molecule has 13 heteroatoms. The molecule has 2 unspecified atom stereocenters. The smallest absolute Gasteiger partial charge is 0.414 e. The fourth-order valence-corrected chi connectivity index (χ4v) is 4.27. The quantitative estimate of drug-likeness (QED) is 0.305. The van der Waals surface area contributed by atoms with Gasteiger partial charge in [-0.3, -0.25) is 14.5 Å². The van der Waals surface area contributed by atoms with Gasteiger partial charge < -0.3 is 26.4 Å². The van der Waals surface area contributed by atoms with E-state index in [0.29, 0.717) is 34.3 Å². The molecule has 3 amide bonds. The van der Waals surface area contributed by atoms with Gasteiger partial charge >= 0.3 is 6.09 Å². The molecule has 3 aromatic rings. The van der Waals surface area contributed by atoms with Crippen molar-refractivity contribution < 1.29 is 23.5 Å². The first kappa shape index (κ1) is 26.9. The molecule has 11 nitrogen and oxygen atoms in total. The van der Waals surface area contributed by atoms with Gasteiger partial charge in [-0.2, -0.15) is 4.37 Å². The van der Waals surface area contributed by atoms with Crippen molar-refractivity contribution in [1.82, 2.24) is 20.0 Å². The van der Waals surface area contributed by atoms with Crippen molar-refractivity contribution in [3.63, 3.8) is 0 Å². The van der Waals surface area contributed by atoms with E-state index in [4.69, 9.17) is 10.5 Å². The number of nitrogens with one attached hydrogen (secondary N) is 3. The Kier molecular flexibility index (Phi) is 8.48. The van der Waals surface area contributed by atoms with E-state index < -0.39 is 24.1 Å². The first-order valence-electron chi connectivity index (χ1n) is 11.9. The molecule has 1 fully saturated rings. The molecule has 1 saturated heterocycles. The molecule has 38 heavy (non-hydrogen) atoms. The highest BCUT2D eigenvalue weighted by atomic mass is 32.1. The molecule has 2 heterocycles. The number of carbonyl (C=O) groups is 3. The van der Waals surface area contributed by atoms with Crippen LogP contribution < -0.4 is 26.6 Å². The summed E-state index contributed by atoms with van der Waals surface area (Å²) in [6.07, 6.45) is -1.08. The molecule has 0 spiro atoms. The Morgan fingerprint density at radius 3 is 2.66 bits per heavy atom. The van der Waals surface area contributed by atoms with Gasteiger partial charge in [0.05, 0.1) is 31.4 Å². The summed E-state index contributed by atoms with van der Waals surface area (Å²) >= 11 is 1.18. The largest absolute Gasteiger partial charge is 0.442 e. The Balaban J connectivity index is 1.33. The summed E-state index contributed by atoms with van der Waals surface area (Å²) < 4.78 is 24.5. The van der Waals surface area contributed by atoms with E-state index in [1.54, 1.807) is 19.1 Å². The molecule has 0 radical (unpaired) electrons. The lowest BCUT2D eigenvalue weighted by Crippen LogP contribution is -2.37. The average molecular weight is 542 g/mol. The highest BCUT2D eigenvalue weighted by Crippen LogP contribution is 2.29. The normalized spacial score (nSPS) is 15.6. The Labute approximate surface area is 222 Å². The van der Waals surface area contributed by atoms with Crippen molar-refractivity contribution in [3.05, 3.63) is 58.9 Å². The van der Waals surface area contributed by atoms with Gasteiger partial charge in [0.2, 0.25) is 17.8 Å². The van der Waals surface area contributed by atoms with Crippen LogP contribution in [0.15, 0.2) is 42.5 Å². The molecule has 1 aromatic heterocycles. The fraction of sp³-hybridized carbons (Fsp3) is 0.320. The highest BCUT2D eigenvalue weighted by Gasteiger charge is 2.32. The maximum absolute atomic E-state index is 15.0. The minimum atomic E-state index is -0.589. The van der Waals surface area contributed by atoms with E-state index in [1.807, 2.05) is 24.3 Å². The van der Waals surface area contributed by atoms with Gasteiger partial charge in [-0.15, -0.1) is 0 Å². The van der Waals surface area contributed by atoms with Crippen LogP contribution >= 0.6 is 11.5 Å². The molecule has 2 atom stereocenters. The predicted molar refractivity (Wildman–Crippen MR) is 141 cm³/mol. The van der Waals surface area contributed by atoms with E-state index in [9.17, 15) is 18.8 Å². The number of ether oxygens (including phenoxy) is 1. The van der Waals surface area contributed by atoms with E-state index in [1.165, 1.54) is 29.4 Å². The van der Waals surface area contributed by atoms with Crippen LogP contribution in [0.1, 0.15) is 24.4 Å². The Hall–Kier alpha value is -4.10. The number of halogens is 1. The Morgan fingerprint density at radius 1 is 1.21 bits per heavy atom. The zero-order chi connectivity index (χ0) is 27.2. The van der Waals surface area contributed by atoms with Crippen LogP contribution in [0, 0.1) is 5.82 Å². The van der Waals surface area contributed by atoms with Crippen molar-refractivity contribution in [1.29, 1.82) is 0 Å². The third-order valence-electron chi connectivity index (χ3n) is 5.73. The van der Waals surface area contributed by atoms with Gasteiger partial charge in [0.1, 0.15) is 16.9 Å². The molecule has 200 valence electrons. The molecular weight excluding hydrogens is 513 g/mol. The number of nitrogens with two attached hydrogens (primary N) is 1. The summed E-state index contributed by atoms with van der Waals surface area (Å²) in [6, 6.07) is 11.4. The van der Waals surface area contributed by atoms with Crippen molar-refractivity contribution in [2.45, 2.75) is 39.1 Å². The number of rotatable bonds is 10. The van der Waals surface area contributed by atoms with E-state index in [-0.39, 0.29) is 31.4 Å². The molecule has 0 bridgehead atoms. The standard InChI is InChI=1S/C25H28FN7O4S/c1-14(27)23(35)29-12-22-31-24(32-38-22)30-10-16-3-5-17(6-4-16)20-8-7-18(9-21(20)26)33-13-19(37-25(33)36)11-28-15(2)34/h3-9,14,19H,10-13,27H2,1-2H3,(H,28,34)(H,29,35)(H,30,32). The number of amides is 3. The second-order valence-corrected chi connectivity index (χ2v) is 9.62. The second-order valence-electron chi connectivity index (χ2n) is 8.79. The zero-order valence-corrected chi connectivity index (χ0v) is 21.7. The van der Waals surface area contributed by atoms with Gasteiger partial charge in [0.25, 0.3) is 0 Å². The summed E-state index contributed by atoms with van der Waals surface area (Å²) in [7, 11) is 0. The first-order valence-corrected chi connectivity index (χ1v) is 12.7. The number of nitrogens with zero attached hydrogens (tertiary/aromatic N) is 3. The van der Waals surface area contributed by atoms with Crippen LogP contribution in [0.2, 0.25) is 0 Å². The number of benzene rings is 2. The number of hydrogen-bond acceptors (Lipinski definition) is 9. The third-order valence-corrected chi connectivity index (χ3v) is 6.44. The second kappa shape index (κ2) is 12.0. The van der Waals surface area contributed by atoms with E-state index >= 15 is 0 Å². The van der Waals surface area contributed by atoms with Crippen LogP contribution in [-0.4, -0.2) is 52.5 Å². The number of anilines is 2. The predicted octanol–water partition coefficient (Wildman–Crippen LogP) is 2.38. The summed E-state index contributed by atoms with van der Waals surface area (Å²) in [6.45, 7) is 4.13. The summed E-state index contributed by atoms with van der Waals surface area (Å²) in [4.78, 5) is 40.6. The highest BCUT2D eigenvalue weighted by molar-refractivity contribution is 7.05. The monoisotopic (exact) mass is 541 g/mol. The molecule has 1 aliphatic rings. The SMILES string of the molecule is CC(=O)NCC1CN(c2ccc(-c3ccc(CNc4nsc(CNC(=O)C(C)N)n4)cc3)c(F)c2)C(=O)O1. The van der Waals surface area contributed by atoms with Gasteiger partial charge in [-0.1, -0.05) is 24.3 Å². The Bertz CT molecular complexity index is 1320. The molecule has 5 N–H and O–H groups in total. The lowest BCUT2D eigenvalue weighted by atomic mass is 10.0. The Morgan fingerprint density at radius 2 is 1.97 bits per heavy atom. The van der Waals surface area contributed by atoms with Gasteiger partial charge in [-0.25, -0.2) is 14.2 Å². The van der Waals surface area contributed by atoms with Crippen molar-refractivity contribution in [3.8, 4) is 11.1 Å². The summed E-state index contributed by atoms with van der Waals surface area (Å²) in [5.41, 5.74) is 7.93. The van der Waals surface area contributed by atoms with Crippen LogP contribution in [0.4, 0.5) is 20.8 Å². The minimum Gasteiger partial charge on any atom is -0.442 e. The van der Waals surface area contributed by atoms with Crippen molar-refractivity contribution in [2.24, 2.45) is 5.73 Å². The number of cyclic esters (lactones) is 1. The summed E-state index contributed by atoms with van der Waals surface area (Å²) in [5.74, 6) is -0.496. The number of hydrogen-bond donors (Lipinski definition) is 4. The lowest BCUT2D eigenvalue weighted by molar-refractivity contribution is -0.122. The van der Waals surface area contributed by atoms with Crippen LogP contribution in [0.3, 0.4) is 0 Å². The molecule has 2 aromatic carbocycles. The van der Waals surface area contributed by atoms with E-state index in [0.717, 1.165) is 5.56 Å². The molecule has 0 aliphatic carbocycles. The van der Waals surface area contributed by atoms with Gasteiger partial charge in [-0.05, 0) is 47.8 Å². The van der Waals surface area contributed by atoms with Crippen LogP contribution in [0.5, 0.6) is 0 Å². The molecular formula is C25H28FN7O4S. The number of aromatic nitrogens is 2. The van der Waals surface area contributed by atoms with Gasteiger partial charge in [0.15, 0.2) is 0 Å². The first-order chi connectivity index (χ1) is 18.2. The van der Waals surface area contributed by atoms with Crippen LogP contribution in [-0.2, 0) is 27.4 Å². The topological polar surface area (TPSA) is 152 Å². The minimum absolute atomic E-state index is 0.200.